The molecule has 0 saturated heterocycles. The van der Waals surface area contributed by atoms with E-state index in [1.807, 2.05) is 0 Å². The Bertz CT molecular complexity index is 1670. The van der Waals surface area contributed by atoms with Crippen LogP contribution in [0.3, 0.4) is 0 Å². The van der Waals surface area contributed by atoms with Crippen molar-refractivity contribution in [3.8, 4) is 22.5 Å². The summed E-state index contributed by atoms with van der Waals surface area (Å²) in [6, 6.07) is 12.0. The smallest absolute Gasteiger partial charge is 0.389 e. The van der Waals surface area contributed by atoms with Gasteiger partial charge in [-0.1, -0.05) is 6.07 Å². The molecule has 2 saturated carbocycles. The molecule has 1 heterocycles. The molecule has 5 nitrogen and oxygen atoms in total. The second kappa shape index (κ2) is 9.18. The van der Waals surface area contributed by atoms with Crippen LogP contribution < -0.4 is 10.6 Å². The SMILES string of the molecule is CNC(=O)c1c(-c2ccc(F)cc2)oc2cc(CCC(F)(F)F)c(-c3ccc(F)c(C(=O)NC45CC4C5)c3)cc12. The number of amides is 2. The highest BCUT2D eigenvalue weighted by atomic mass is 19.4. The highest BCUT2D eigenvalue weighted by Crippen LogP contribution is 2.66. The molecule has 0 atom stereocenters. The molecule has 0 radical (unpaired) electrons. The van der Waals surface area contributed by atoms with Gasteiger partial charge in [-0.2, -0.15) is 13.2 Å². The Kier molecular flexibility index (Phi) is 5.97. The number of furan rings is 1. The number of aryl methyl sites for hydroxylation is 1. The van der Waals surface area contributed by atoms with E-state index in [0.717, 1.165) is 18.9 Å². The van der Waals surface area contributed by atoms with E-state index < -0.39 is 42.5 Å². The van der Waals surface area contributed by atoms with Crippen molar-refractivity contribution in [2.24, 2.45) is 5.92 Å². The van der Waals surface area contributed by atoms with Gasteiger partial charge in [0.1, 0.15) is 23.0 Å². The Morgan fingerprint density at radius 1 is 0.975 bits per heavy atom. The van der Waals surface area contributed by atoms with Gasteiger partial charge in [-0.3, -0.25) is 9.59 Å². The third kappa shape index (κ3) is 4.71. The molecule has 2 N–H and O–H groups in total. The summed E-state index contributed by atoms with van der Waals surface area (Å²) in [7, 11) is 1.42. The molecule has 2 aliphatic rings. The van der Waals surface area contributed by atoms with Gasteiger partial charge in [0.25, 0.3) is 11.8 Å². The lowest BCUT2D eigenvalue weighted by Crippen LogP contribution is -2.31. The van der Waals surface area contributed by atoms with Gasteiger partial charge in [-0.25, -0.2) is 8.78 Å². The highest BCUT2D eigenvalue weighted by molar-refractivity contribution is 6.12. The number of halogens is 5. The van der Waals surface area contributed by atoms with E-state index in [-0.39, 0.29) is 33.6 Å². The lowest BCUT2D eigenvalue weighted by molar-refractivity contribution is -0.133. The van der Waals surface area contributed by atoms with E-state index in [0.29, 0.717) is 28.0 Å². The molecule has 1 aromatic heterocycles. The van der Waals surface area contributed by atoms with Crippen LogP contribution in [0.4, 0.5) is 22.0 Å². The maximum Gasteiger partial charge on any atom is 0.389 e. The summed E-state index contributed by atoms with van der Waals surface area (Å²) in [5, 5.41) is 5.71. The summed E-state index contributed by atoms with van der Waals surface area (Å²) >= 11 is 0. The van der Waals surface area contributed by atoms with Crippen LogP contribution in [-0.4, -0.2) is 30.6 Å². The topological polar surface area (TPSA) is 71.3 Å². The standard InChI is InChI=1S/C30H23F5N2O3/c1-36-28(39)25-22-12-20(16-4-7-23(32)21(10-16)27(38)37-29-13-18(29)14-29)17(8-9-30(33,34)35)11-24(22)40-26(25)15-2-5-19(31)6-3-15/h2-7,10-12,18H,8-9,13-14H2,1H3,(H,36,39)(H,37,38). The zero-order valence-electron chi connectivity index (χ0n) is 21.2. The van der Waals surface area contributed by atoms with Gasteiger partial charge in [0.05, 0.1) is 11.1 Å². The molecule has 206 valence electrons. The Morgan fingerprint density at radius 3 is 2.27 bits per heavy atom. The van der Waals surface area contributed by atoms with Crippen LogP contribution in [0.5, 0.6) is 0 Å². The molecule has 2 amide bonds. The number of hydrogen-bond donors (Lipinski definition) is 2. The van der Waals surface area contributed by atoms with Crippen molar-refractivity contribution < 1.29 is 36.0 Å². The largest absolute Gasteiger partial charge is 0.455 e. The van der Waals surface area contributed by atoms with Gasteiger partial charge in [0, 0.05) is 30.0 Å². The first-order valence-corrected chi connectivity index (χ1v) is 12.7. The molecular formula is C30H23F5N2O3. The predicted molar refractivity (Wildman–Crippen MR) is 138 cm³/mol. The minimum Gasteiger partial charge on any atom is -0.455 e. The first kappa shape index (κ1) is 26.0. The number of carbonyl (C=O) groups is 2. The van der Waals surface area contributed by atoms with Crippen molar-refractivity contribution in [2.75, 3.05) is 7.05 Å². The van der Waals surface area contributed by atoms with Crippen molar-refractivity contribution in [3.05, 3.63) is 82.9 Å². The van der Waals surface area contributed by atoms with E-state index in [1.54, 1.807) is 0 Å². The van der Waals surface area contributed by atoms with E-state index in [2.05, 4.69) is 10.6 Å². The molecule has 10 heteroatoms. The number of hydrogen-bond acceptors (Lipinski definition) is 3. The fraction of sp³-hybridized carbons (Fsp3) is 0.267. The first-order chi connectivity index (χ1) is 19.0. The van der Waals surface area contributed by atoms with Gasteiger partial charge < -0.3 is 15.1 Å². The Labute approximate surface area is 225 Å². The quantitative estimate of drug-likeness (QED) is 0.247. The van der Waals surface area contributed by atoms with E-state index in [9.17, 15) is 31.5 Å². The highest BCUT2D eigenvalue weighted by Gasteiger charge is 2.70. The van der Waals surface area contributed by atoms with Gasteiger partial charge in [-0.15, -0.1) is 0 Å². The number of benzene rings is 3. The van der Waals surface area contributed by atoms with Crippen molar-refractivity contribution >= 4 is 22.8 Å². The van der Waals surface area contributed by atoms with Crippen molar-refractivity contribution in [3.63, 3.8) is 0 Å². The zero-order chi connectivity index (χ0) is 28.4. The van der Waals surface area contributed by atoms with Crippen LogP contribution in [0.25, 0.3) is 33.4 Å². The molecule has 0 spiro atoms. The molecule has 2 aliphatic carbocycles. The van der Waals surface area contributed by atoms with Crippen LogP contribution in [0.15, 0.2) is 59.0 Å². The zero-order valence-corrected chi connectivity index (χ0v) is 21.2. The monoisotopic (exact) mass is 554 g/mol. The van der Waals surface area contributed by atoms with Crippen LogP contribution in [0, 0.1) is 17.6 Å². The average molecular weight is 555 g/mol. The fourth-order valence-electron chi connectivity index (χ4n) is 5.16. The summed E-state index contributed by atoms with van der Waals surface area (Å²) in [6.07, 6.45) is -4.27. The van der Waals surface area contributed by atoms with E-state index >= 15 is 0 Å². The van der Waals surface area contributed by atoms with Crippen LogP contribution >= 0.6 is 0 Å². The Balaban J connectivity index is 1.51. The normalized spacial score (nSPS) is 19.3. The summed E-state index contributed by atoms with van der Waals surface area (Å²) in [6.45, 7) is 0. The van der Waals surface area contributed by atoms with Crippen molar-refractivity contribution in [1.29, 1.82) is 0 Å². The van der Waals surface area contributed by atoms with Gasteiger partial charge in [-0.05, 0) is 90.4 Å². The second-order valence-corrected chi connectivity index (χ2v) is 10.4. The molecule has 3 aromatic carbocycles. The van der Waals surface area contributed by atoms with Crippen LogP contribution in [-0.2, 0) is 6.42 Å². The number of fused-ring (bicyclic) bond motifs is 2. The maximum atomic E-state index is 14.7. The first-order valence-electron chi connectivity index (χ1n) is 12.7. The fourth-order valence-corrected chi connectivity index (χ4v) is 5.16. The minimum atomic E-state index is -4.44. The van der Waals surface area contributed by atoms with Crippen molar-refractivity contribution in [1.82, 2.24) is 10.6 Å². The molecule has 0 bridgehead atoms. The van der Waals surface area contributed by atoms with Crippen LogP contribution in [0.2, 0.25) is 0 Å². The Morgan fingerprint density at radius 2 is 1.65 bits per heavy atom. The van der Waals surface area contributed by atoms with Gasteiger partial charge in [0.15, 0.2) is 0 Å². The van der Waals surface area contributed by atoms with Gasteiger partial charge >= 0.3 is 6.18 Å². The molecule has 0 unspecified atom stereocenters. The lowest BCUT2D eigenvalue weighted by atomic mass is 9.92. The number of rotatable bonds is 7. The molecule has 0 aliphatic heterocycles. The third-order valence-corrected chi connectivity index (χ3v) is 7.72. The Hall–Kier alpha value is -4.21. The number of alkyl halides is 3. The minimum absolute atomic E-state index is 0.111. The number of nitrogens with one attached hydrogen (secondary N) is 2. The molecule has 6 rings (SSSR count). The van der Waals surface area contributed by atoms with Crippen LogP contribution in [0.1, 0.15) is 45.5 Å². The summed E-state index contributed by atoms with van der Waals surface area (Å²) in [5.74, 6) is -1.79. The molecule has 4 aromatic rings. The van der Waals surface area contributed by atoms with E-state index in [4.69, 9.17) is 4.42 Å². The summed E-state index contributed by atoms with van der Waals surface area (Å²) in [4.78, 5) is 25.8. The maximum absolute atomic E-state index is 14.7. The summed E-state index contributed by atoms with van der Waals surface area (Å²) < 4.78 is 74.0. The summed E-state index contributed by atoms with van der Waals surface area (Å²) in [5.41, 5.74) is 1.08. The second-order valence-electron chi connectivity index (χ2n) is 10.4. The number of carbonyl (C=O) groups excluding carboxylic acids is 2. The van der Waals surface area contributed by atoms with Gasteiger partial charge in [0.2, 0.25) is 0 Å². The molecular weight excluding hydrogens is 531 g/mol. The third-order valence-electron chi connectivity index (χ3n) is 7.72. The van der Waals surface area contributed by atoms with E-state index in [1.165, 1.54) is 55.6 Å². The van der Waals surface area contributed by atoms with Crippen molar-refractivity contribution in [2.45, 2.75) is 37.4 Å². The average Bonchev–Trinajstić information content (AvgIpc) is 3.73. The molecule has 40 heavy (non-hydrogen) atoms. The lowest BCUT2D eigenvalue weighted by Gasteiger charge is -2.14. The molecule has 2 fully saturated rings. The predicted octanol–water partition coefficient (Wildman–Crippen LogP) is 6.79.